The third-order valence-corrected chi connectivity index (χ3v) is 4.14. The molecule has 1 aliphatic rings. The van der Waals surface area contributed by atoms with Gasteiger partial charge in [-0.05, 0) is 25.0 Å². The third kappa shape index (κ3) is 4.34. The molecule has 0 radical (unpaired) electrons. The van der Waals surface area contributed by atoms with Crippen molar-refractivity contribution in [2.24, 2.45) is 5.73 Å². The molecule has 1 unspecified atom stereocenters. The first-order valence-electron chi connectivity index (χ1n) is 6.36. The van der Waals surface area contributed by atoms with Crippen LogP contribution in [0.5, 0.6) is 0 Å². The van der Waals surface area contributed by atoms with Gasteiger partial charge >= 0.3 is 0 Å². The van der Waals surface area contributed by atoms with Gasteiger partial charge in [-0.2, -0.15) is 11.8 Å². The van der Waals surface area contributed by atoms with Gasteiger partial charge in [0, 0.05) is 31.3 Å². The molecule has 1 fully saturated rings. The van der Waals surface area contributed by atoms with Crippen molar-refractivity contribution in [3.05, 3.63) is 0 Å². The van der Waals surface area contributed by atoms with Crippen molar-refractivity contribution >= 4 is 17.7 Å². The average Bonchev–Trinajstić information content (AvgIpc) is 2.76. The lowest BCUT2D eigenvalue weighted by atomic mass is 10.2. The first kappa shape index (κ1) is 13.8. The van der Waals surface area contributed by atoms with Crippen LogP contribution < -0.4 is 5.73 Å². The van der Waals surface area contributed by atoms with Gasteiger partial charge in [0.25, 0.3) is 0 Å². The van der Waals surface area contributed by atoms with Crippen LogP contribution in [0, 0.1) is 0 Å². The van der Waals surface area contributed by atoms with Gasteiger partial charge in [0.05, 0.1) is 0 Å². The minimum absolute atomic E-state index is 0.303. The topological polar surface area (TPSA) is 46.3 Å². The molecule has 1 atom stereocenters. The van der Waals surface area contributed by atoms with Crippen molar-refractivity contribution in [3.8, 4) is 0 Å². The number of nitrogens with zero attached hydrogens (tertiary/aromatic N) is 1. The SMILES string of the molecule is CCCCSCCC(=O)N1CCCC1CN. The van der Waals surface area contributed by atoms with Crippen LogP contribution in [0.15, 0.2) is 0 Å². The Hall–Kier alpha value is -0.220. The van der Waals surface area contributed by atoms with Gasteiger partial charge in [0.1, 0.15) is 0 Å². The van der Waals surface area contributed by atoms with Gasteiger partial charge in [-0.15, -0.1) is 0 Å². The fourth-order valence-electron chi connectivity index (χ4n) is 2.06. The summed E-state index contributed by atoms with van der Waals surface area (Å²) >= 11 is 1.90. The predicted octanol–water partition coefficient (Wildman–Crippen LogP) is 1.86. The second-order valence-electron chi connectivity index (χ2n) is 4.33. The maximum Gasteiger partial charge on any atom is 0.223 e. The van der Waals surface area contributed by atoms with Crippen LogP contribution in [-0.2, 0) is 4.79 Å². The van der Waals surface area contributed by atoms with E-state index in [9.17, 15) is 4.79 Å². The van der Waals surface area contributed by atoms with Gasteiger partial charge in [-0.1, -0.05) is 13.3 Å². The fourth-order valence-corrected chi connectivity index (χ4v) is 3.08. The molecular formula is C12H24N2OS. The lowest BCUT2D eigenvalue weighted by Gasteiger charge is -2.23. The van der Waals surface area contributed by atoms with E-state index in [-0.39, 0.29) is 0 Å². The van der Waals surface area contributed by atoms with Gasteiger partial charge in [-0.25, -0.2) is 0 Å². The third-order valence-electron chi connectivity index (χ3n) is 3.07. The van der Waals surface area contributed by atoms with Crippen molar-refractivity contribution in [3.63, 3.8) is 0 Å². The standard InChI is InChI=1S/C12H24N2OS/c1-2-3-8-16-9-6-12(15)14-7-4-5-11(14)10-13/h11H,2-10,13H2,1H3. The molecule has 3 nitrogen and oxygen atoms in total. The minimum atomic E-state index is 0.303. The molecule has 94 valence electrons. The summed E-state index contributed by atoms with van der Waals surface area (Å²) in [7, 11) is 0. The number of carbonyl (C=O) groups is 1. The summed E-state index contributed by atoms with van der Waals surface area (Å²) in [6.07, 6.45) is 5.39. The number of likely N-dealkylation sites (tertiary alicyclic amines) is 1. The highest BCUT2D eigenvalue weighted by molar-refractivity contribution is 7.99. The van der Waals surface area contributed by atoms with E-state index in [1.165, 1.54) is 18.6 Å². The zero-order valence-corrected chi connectivity index (χ0v) is 11.1. The number of hydrogen-bond donors (Lipinski definition) is 1. The number of nitrogens with two attached hydrogens (primary N) is 1. The molecule has 0 aromatic rings. The summed E-state index contributed by atoms with van der Waals surface area (Å²) in [5.41, 5.74) is 5.66. The Morgan fingerprint density at radius 1 is 1.50 bits per heavy atom. The summed E-state index contributed by atoms with van der Waals surface area (Å²) in [5, 5.41) is 0. The Bertz CT molecular complexity index is 211. The van der Waals surface area contributed by atoms with Crippen LogP contribution >= 0.6 is 11.8 Å². The predicted molar refractivity (Wildman–Crippen MR) is 70.6 cm³/mol. The molecule has 1 saturated heterocycles. The fraction of sp³-hybridized carbons (Fsp3) is 0.917. The van der Waals surface area contributed by atoms with Gasteiger partial charge in [0.15, 0.2) is 0 Å². The van der Waals surface area contributed by atoms with Gasteiger partial charge in [0.2, 0.25) is 5.91 Å². The van der Waals surface area contributed by atoms with Crippen LogP contribution in [0.4, 0.5) is 0 Å². The molecule has 0 saturated carbocycles. The minimum Gasteiger partial charge on any atom is -0.338 e. The number of amides is 1. The molecule has 2 N–H and O–H groups in total. The van der Waals surface area contributed by atoms with Gasteiger partial charge in [-0.3, -0.25) is 4.79 Å². The van der Waals surface area contributed by atoms with Crippen molar-refractivity contribution < 1.29 is 4.79 Å². The normalized spacial score (nSPS) is 20.4. The number of thioether (sulfide) groups is 1. The summed E-state index contributed by atoms with van der Waals surface area (Å²) in [4.78, 5) is 13.9. The molecule has 1 aliphatic heterocycles. The highest BCUT2D eigenvalue weighted by Crippen LogP contribution is 2.18. The monoisotopic (exact) mass is 244 g/mol. The molecular weight excluding hydrogens is 220 g/mol. The van der Waals surface area contributed by atoms with Gasteiger partial charge < -0.3 is 10.6 Å². The molecule has 16 heavy (non-hydrogen) atoms. The van der Waals surface area contributed by atoms with E-state index in [0.717, 1.165) is 25.1 Å². The zero-order chi connectivity index (χ0) is 11.8. The summed E-state index contributed by atoms with van der Waals surface area (Å²) in [5.74, 6) is 2.45. The molecule has 1 amide bonds. The van der Waals surface area contributed by atoms with Crippen LogP contribution in [0.1, 0.15) is 39.0 Å². The number of carbonyl (C=O) groups excluding carboxylic acids is 1. The smallest absolute Gasteiger partial charge is 0.223 e. The molecule has 0 aliphatic carbocycles. The van der Waals surface area contributed by atoms with E-state index >= 15 is 0 Å². The van der Waals surface area contributed by atoms with Crippen LogP contribution in [0.25, 0.3) is 0 Å². The van der Waals surface area contributed by atoms with E-state index < -0.39 is 0 Å². The molecule has 0 spiro atoms. The average molecular weight is 244 g/mol. The summed E-state index contributed by atoms with van der Waals surface area (Å²) < 4.78 is 0. The van der Waals surface area contributed by atoms with E-state index in [2.05, 4.69) is 6.92 Å². The second kappa shape index (κ2) is 7.96. The molecule has 1 rings (SSSR count). The van der Waals surface area contributed by atoms with Crippen LogP contribution in [0.2, 0.25) is 0 Å². The molecule has 0 aromatic carbocycles. The highest BCUT2D eigenvalue weighted by atomic mass is 32.2. The van der Waals surface area contributed by atoms with E-state index in [1.807, 2.05) is 16.7 Å². The molecule has 1 heterocycles. The van der Waals surface area contributed by atoms with Crippen LogP contribution in [0.3, 0.4) is 0 Å². The van der Waals surface area contributed by atoms with Crippen LogP contribution in [-0.4, -0.2) is 41.4 Å². The number of hydrogen-bond acceptors (Lipinski definition) is 3. The second-order valence-corrected chi connectivity index (χ2v) is 5.56. The summed E-state index contributed by atoms with van der Waals surface area (Å²) in [6, 6.07) is 0.313. The van der Waals surface area contributed by atoms with Crippen molar-refractivity contribution in [2.75, 3.05) is 24.6 Å². The Morgan fingerprint density at radius 3 is 3.00 bits per heavy atom. The summed E-state index contributed by atoms with van der Waals surface area (Å²) in [6.45, 7) is 3.73. The van der Waals surface area contributed by atoms with E-state index in [0.29, 0.717) is 24.9 Å². The Morgan fingerprint density at radius 2 is 2.31 bits per heavy atom. The molecule has 4 heteroatoms. The zero-order valence-electron chi connectivity index (χ0n) is 10.3. The van der Waals surface area contributed by atoms with E-state index in [1.54, 1.807) is 0 Å². The maximum atomic E-state index is 11.9. The molecule has 0 aromatic heterocycles. The maximum absolute atomic E-state index is 11.9. The van der Waals surface area contributed by atoms with Crippen molar-refractivity contribution in [2.45, 2.75) is 45.1 Å². The lowest BCUT2D eigenvalue weighted by molar-refractivity contribution is -0.131. The van der Waals surface area contributed by atoms with Crippen molar-refractivity contribution in [1.29, 1.82) is 0 Å². The Balaban J connectivity index is 2.14. The number of rotatable bonds is 7. The highest BCUT2D eigenvalue weighted by Gasteiger charge is 2.26. The van der Waals surface area contributed by atoms with Crippen molar-refractivity contribution in [1.82, 2.24) is 4.90 Å². The first-order chi connectivity index (χ1) is 7.79. The van der Waals surface area contributed by atoms with E-state index in [4.69, 9.17) is 5.73 Å². The number of unbranched alkanes of at least 4 members (excludes halogenated alkanes) is 1. The quantitative estimate of drug-likeness (QED) is 0.695. The first-order valence-corrected chi connectivity index (χ1v) is 7.52. The largest absolute Gasteiger partial charge is 0.338 e. The Labute approximate surface area is 103 Å². The lowest BCUT2D eigenvalue weighted by Crippen LogP contribution is -2.40. The molecule has 0 bridgehead atoms. The Kier molecular flexibility index (Phi) is 6.88.